The summed E-state index contributed by atoms with van der Waals surface area (Å²) in [7, 11) is 0. The summed E-state index contributed by atoms with van der Waals surface area (Å²) in [4.78, 5) is 19.9. The Morgan fingerprint density at radius 3 is 2.60 bits per heavy atom. The minimum absolute atomic E-state index is 0.00344. The summed E-state index contributed by atoms with van der Waals surface area (Å²) in [6, 6.07) is 17.3. The number of nitrogens with two attached hydrogens (primary N) is 1. The van der Waals surface area contributed by atoms with E-state index in [2.05, 4.69) is 31.0 Å². The van der Waals surface area contributed by atoms with Crippen LogP contribution in [0.2, 0.25) is 10.2 Å². The molecule has 1 unspecified atom stereocenters. The highest BCUT2D eigenvalue weighted by Gasteiger charge is 2.45. The molecule has 1 aliphatic heterocycles. The fourth-order valence-electron chi connectivity index (χ4n) is 5.77. The molecule has 0 radical (unpaired) electrons. The van der Waals surface area contributed by atoms with Gasteiger partial charge >= 0.3 is 0 Å². The molecule has 2 aliphatic rings. The van der Waals surface area contributed by atoms with E-state index < -0.39 is 5.92 Å². The number of rotatable bonds is 5. The lowest BCUT2D eigenvalue weighted by molar-refractivity contribution is -0.118. The number of allylic oxidation sites excluding steroid dienone is 3. The molecule has 8 heteroatoms. The largest absolute Gasteiger partial charge is 0.487 e. The van der Waals surface area contributed by atoms with Crippen molar-refractivity contribution in [2.45, 2.75) is 53.1 Å². The Kier molecular flexibility index (Phi) is 7.39. The molecule has 2 aromatic carbocycles. The van der Waals surface area contributed by atoms with Crippen molar-refractivity contribution in [3.63, 3.8) is 0 Å². The van der Waals surface area contributed by atoms with Crippen LogP contribution in [0.4, 0.5) is 5.69 Å². The fraction of sp³-hybridized carbons (Fsp3) is 0.281. The maximum atomic E-state index is 13.9. The summed E-state index contributed by atoms with van der Waals surface area (Å²) in [5.41, 5.74) is 12.4. The normalized spacial score (nSPS) is 18.5. The van der Waals surface area contributed by atoms with Crippen molar-refractivity contribution < 1.29 is 9.53 Å². The second-order valence-electron chi connectivity index (χ2n) is 11.2. The van der Waals surface area contributed by atoms with Crippen LogP contribution >= 0.6 is 23.2 Å². The number of Topliss-reactive ketones (excluding diaryl/α,β-unsaturated/α-hetero) is 1. The standard InChI is InChI=1S/C32H30Cl2N4O2/c1-18-12-20(17-40-27-10-6-5-8-23(27)33)19(2)21(13-18)28-22(16-35)31(36)38(24-9-7-11-37-30(24)34)25-14-32(3,4)15-26(39)29(25)28/h5-13,28H,14-15,17,36H2,1-4H3. The molecule has 6 nitrogen and oxygen atoms in total. The zero-order valence-electron chi connectivity index (χ0n) is 22.9. The lowest BCUT2D eigenvalue weighted by Gasteiger charge is -2.44. The van der Waals surface area contributed by atoms with E-state index in [0.29, 0.717) is 40.4 Å². The highest BCUT2D eigenvalue weighted by atomic mass is 35.5. The summed E-state index contributed by atoms with van der Waals surface area (Å²) < 4.78 is 6.08. The van der Waals surface area contributed by atoms with Gasteiger partial charge in [0.05, 0.1) is 28.3 Å². The average molecular weight is 574 g/mol. The van der Waals surface area contributed by atoms with Crippen molar-refractivity contribution in [2.24, 2.45) is 11.1 Å². The molecular weight excluding hydrogens is 543 g/mol. The van der Waals surface area contributed by atoms with E-state index in [1.807, 2.05) is 38.1 Å². The second kappa shape index (κ2) is 10.6. The molecule has 40 heavy (non-hydrogen) atoms. The molecule has 1 atom stereocenters. The summed E-state index contributed by atoms with van der Waals surface area (Å²) in [6.07, 6.45) is 2.54. The van der Waals surface area contributed by atoms with Crippen LogP contribution in [-0.2, 0) is 11.4 Å². The monoisotopic (exact) mass is 572 g/mol. The number of benzene rings is 2. The number of nitriles is 1. The van der Waals surface area contributed by atoms with Gasteiger partial charge in [-0.3, -0.25) is 9.69 Å². The van der Waals surface area contributed by atoms with Crippen LogP contribution in [0.5, 0.6) is 5.75 Å². The maximum absolute atomic E-state index is 13.9. The van der Waals surface area contributed by atoms with Gasteiger partial charge in [0.2, 0.25) is 0 Å². The van der Waals surface area contributed by atoms with Gasteiger partial charge in [-0.25, -0.2) is 4.98 Å². The smallest absolute Gasteiger partial charge is 0.162 e. The molecular formula is C32H30Cl2N4O2. The molecule has 1 aromatic heterocycles. The van der Waals surface area contributed by atoms with Gasteiger partial charge in [-0.2, -0.15) is 5.26 Å². The number of hydrogen-bond acceptors (Lipinski definition) is 6. The van der Waals surface area contributed by atoms with Crippen LogP contribution in [0.25, 0.3) is 0 Å². The van der Waals surface area contributed by atoms with Gasteiger partial charge in [-0.05, 0) is 66.6 Å². The highest BCUT2D eigenvalue weighted by molar-refractivity contribution is 6.32. The van der Waals surface area contributed by atoms with Crippen molar-refractivity contribution in [2.75, 3.05) is 4.90 Å². The first-order valence-electron chi connectivity index (χ1n) is 13.1. The number of pyridine rings is 1. The number of aryl methyl sites for hydroxylation is 1. The van der Waals surface area contributed by atoms with E-state index in [0.717, 1.165) is 28.0 Å². The highest BCUT2D eigenvalue weighted by Crippen LogP contribution is 2.51. The number of ether oxygens (including phenoxy) is 1. The molecule has 3 aromatic rings. The minimum atomic E-state index is -0.616. The minimum Gasteiger partial charge on any atom is -0.487 e. The van der Waals surface area contributed by atoms with Gasteiger partial charge in [0.25, 0.3) is 0 Å². The maximum Gasteiger partial charge on any atom is 0.162 e. The van der Waals surface area contributed by atoms with E-state index in [9.17, 15) is 10.1 Å². The number of halogens is 2. The fourth-order valence-corrected chi connectivity index (χ4v) is 6.16. The van der Waals surface area contributed by atoms with Gasteiger partial charge in [0.15, 0.2) is 10.9 Å². The quantitative estimate of drug-likeness (QED) is 0.318. The van der Waals surface area contributed by atoms with E-state index >= 15 is 0 Å². The molecule has 0 bridgehead atoms. The summed E-state index contributed by atoms with van der Waals surface area (Å²) in [6.45, 7) is 8.39. The number of aromatic nitrogens is 1. The van der Waals surface area contributed by atoms with Gasteiger partial charge in [0, 0.05) is 23.9 Å². The van der Waals surface area contributed by atoms with Crippen LogP contribution in [0.15, 0.2) is 77.4 Å². The van der Waals surface area contributed by atoms with Crippen LogP contribution in [0.1, 0.15) is 54.9 Å². The van der Waals surface area contributed by atoms with Gasteiger partial charge in [-0.1, -0.05) is 66.9 Å². The number of carbonyl (C=O) groups excluding carboxylic acids is 1. The number of nitrogens with zero attached hydrogens (tertiary/aromatic N) is 3. The molecule has 0 saturated heterocycles. The first kappa shape index (κ1) is 27.8. The topological polar surface area (TPSA) is 92.2 Å². The number of carbonyl (C=O) groups is 1. The summed E-state index contributed by atoms with van der Waals surface area (Å²) in [5, 5.41) is 11.3. The van der Waals surface area contributed by atoms with Crippen molar-refractivity contribution in [3.05, 3.63) is 110 Å². The lowest BCUT2D eigenvalue weighted by Crippen LogP contribution is -2.42. The molecule has 0 fully saturated rings. The third-order valence-corrected chi connectivity index (χ3v) is 8.20. The van der Waals surface area contributed by atoms with Gasteiger partial charge in [0.1, 0.15) is 18.2 Å². The molecule has 2 heterocycles. The Morgan fingerprint density at radius 1 is 1.15 bits per heavy atom. The predicted molar refractivity (Wildman–Crippen MR) is 158 cm³/mol. The Balaban J connectivity index is 1.69. The molecule has 204 valence electrons. The zero-order valence-corrected chi connectivity index (χ0v) is 24.4. The Bertz CT molecular complexity index is 1630. The van der Waals surface area contributed by atoms with Crippen molar-refractivity contribution >= 4 is 34.7 Å². The molecule has 0 spiro atoms. The molecule has 1 aliphatic carbocycles. The average Bonchev–Trinajstić information content (AvgIpc) is 2.89. The van der Waals surface area contributed by atoms with E-state index in [1.54, 1.807) is 29.3 Å². The Labute approximate surface area is 244 Å². The van der Waals surface area contributed by atoms with Crippen molar-refractivity contribution in [1.82, 2.24) is 4.98 Å². The van der Waals surface area contributed by atoms with Gasteiger partial charge < -0.3 is 10.5 Å². The van der Waals surface area contributed by atoms with Crippen LogP contribution in [0.3, 0.4) is 0 Å². The Morgan fingerprint density at radius 2 is 1.90 bits per heavy atom. The molecule has 0 saturated carbocycles. The Hall–Kier alpha value is -3.79. The first-order chi connectivity index (χ1) is 19.0. The SMILES string of the molecule is Cc1cc(COc2ccccc2Cl)c(C)c(C2C(C#N)=C(N)N(c3cccnc3Cl)C3=C2C(=O)CC(C)(C)C3)c1. The van der Waals surface area contributed by atoms with Crippen LogP contribution in [-0.4, -0.2) is 10.8 Å². The zero-order chi connectivity index (χ0) is 28.8. The third-order valence-electron chi connectivity index (χ3n) is 7.59. The molecule has 2 N–H and O–H groups in total. The van der Waals surface area contributed by atoms with E-state index in [4.69, 9.17) is 33.7 Å². The van der Waals surface area contributed by atoms with Crippen LogP contribution < -0.4 is 15.4 Å². The van der Waals surface area contributed by atoms with Gasteiger partial charge in [-0.15, -0.1) is 0 Å². The van der Waals surface area contributed by atoms with Crippen LogP contribution in [0, 0.1) is 30.6 Å². The van der Waals surface area contributed by atoms with E-state index in [1.165, 1.54) is 0 Å². The van der Waals surface area contributed by atoms with E-state index in [-0.39, 0.29) is 28.8 Å². The first-order valence-corrected chi connectivity index (χ1v) is 13.8. The number of para-hydroxylation sites is 1. The predicted octanol–water partition coefficient (Wildman–Crippen LogP) is 7.53. The van der Waals surface area contributed by atoms with Crippen molar-refractivity contribution in [1.29, 1.82) is 5.26 Å². The number of anilines is 1. The summed E-state index contributed by atoms with van der Waals surface area (Å²) >= 11 is 12.8. The number of hydrogen-bond donors (Lipinski definition) is 1. The molecule has 0 amide bonds. The van der Waals surface area contributed by atoms with Crippen molar-refractivity contribution in [3.8, 4) is 11.8 Å². The number of ketones is 1. The lowest BCUT2D eigenvalue weighted by atomic mass is 9.68. The third kappa shape index (κ3) is 4.96. The summed E-state index contributed by atoms with van der Waals surface area (Å²) in [5.74, 6) is 0.219. The second-order valence-corrected chi connectivity index (χ2v) is 11.9. The molecule has 5 rings (SSSR count).